The Balaban J connectivity index is 1.42. The van der Waals surface area contributed by atoms with Gasteiger partial charge in [-0.05, 0) is 66.9 Å². The third kappa shape index (κ3) is 4.25. The molecule has 1 atom stereocenters. The fraction of sp³-hybridized carbons (Fsp3) is 0.238. The van der Waals surface area contributed by atoms with Crippen LogP contribution < -0.4 is 10.2 Å². The van der Waals surface area contributed by atoms with Gasteiger partial charge in [-0.15, -0.1) is 0 Å². The maximum Gasteiger partial charge on any atom is 0.251 e. The highest BCUT2D eigenvalue weighted by Gasteiger charge is 2.23. The van der Waals surface area contributed by atoms with Crippen molar-refractivity contribution in [3.63, 3.8) is 0 Å². The molecule has 2 aromatic carbocycles. The Kier molecular flexibility index (Phi) is 5.43. The van der Waals surface area contributed by atoms with Gasteiger partial charge in [0.2, 0.25) is 0 Å². The molecule has 2 N–H and O–H groups in total. The van der Waals surface area contributed by atoms with Crippen molar-refractivity contribution in [1.82, 2.24) is 15.5 Å². The summed E-state index contributed by atoms with van der Waals surface area (Å²) in [6.45, 7) is 1.59. The molecule has 1 amide bonds. The molecule has 28 heavy (non-hydrogen) atoms. The van der Waals surface area contributed by atoms with E-state index in [-0.39, 0.29) is 17.8 Å². The first kappa shape index (κ1) is 18.7. The minimum Gasteiger partial charge on any atom is -0.353 e. The molecule has 3 aromatic rings. The van der Waals surface area contributed by atoms with E-state index in [4.69, 9.17) is 0 Å². The average Bonchev–Trinajstić information content (AvgIpc) is 3.19. The van der Waals surface area contributed by atoms with Crippen LogP contribution in [0.1, 0.15) is 23.2 Å². The summed E-state index contributed by atoms with van der Waals surface area (Å²) in [5.74, 6) is 0.513. The van der Waals surface area contributed by atoms with Crippen LogP contribution in [0, 0.1) is 5.82 Å². The van der Waals surface area contributed by atoms with Crippen LogP contribution in [0.4, 0.5) is 10.2 Å². The Morgan fingerprint density at radius 2 is 1.93 bits per heavy atom. The smallest absolute Gasteiger partial charge is 0.251 e. The lowest BCUT2D eigenvalue weighted by Crippen LogP contribution is -2.48. The summed E-state index contributed by atoms with van der Waals surface area (Å²) in [6.07, 6.45) is 1.91. The van der Waals surface area contributed by atoms with Crippen molar-refractivity contribution >= 4 is 27.7 Å². The molecule has 1 aliphatic rings. The van der Waals surface area contributed by atoms with Gasteiger partial charge in [0.1, 0.15) is 5.82 Å². The minimum atomic E-state index is -0.260. The number of H-pyrrole nitrogens is 1. The van der Waals surface area contributed by atoms with Crippen LogP contribution >= 0.6 is 15.9 Å². The second-order valence-corrected chi connectivity index (χ2v) is 7.83. The van der Waals surface area contributed by atoms with E-state index in [1.54, 1.807) is 12.1 Å². The molecule has 0 spiro atoms. The van der Waals surface area contributed by atoms with Crippen LogP contribution in [0.25, 0.3) is 11.3 Å². The van der Waals surface area contributed by atoms with Gasteiger partial charge in [-0.25, -0.2) is 4.39 Å². The Hall–Kier alpha value is -2.67. The number of carbonyl (C=O) groups is 1. The van der Waals surface area contributed by atoms with Crippen LogP contribution in [0.5, 0.6) is 0 Å². The van der Waals surface area contributed by atoms with E-state index in [9.17, 15) is 9.18 Å². The van der Waals surface area contributed by atoms with Crippen molar-refractivity contribution in [2.45, 2.75) is 18.9 Å². The van der Waals surface area contributed by atoms with Crippen molar-refractivity contribution in [3.8, 4) is 11.3 Å². The molecule has 0 bridgehead atoms. The summed E-state index contributed by atoms with van der Waals surface area (Å²) in [5.41, 5.74) is 2.38. The zero-order valence-corrected chi connectivity index (χ0v) is 16.7. The molecule has 1 aromatic heterocycles. The number of rotatable bonds is 4. The van der Waals surface area contributed by atoms with Crippen LogP contribution in [0.3, 0.4) is 0 Å². The molecular weight excluding hydrogens is 423 g/mol. The number of hydrogen-bond acceptors (Lipinski definition) is 3. The van der Waals surface area contributed by atoms with Gasteiger partial charge in [-0.1, -0.05) is 15.9 Å². The minimum absolute atomic E-state index is 0.0617. The van der Waals surface area contributed by atoms with Gasteiger partial charge in [-0.3, -0.25) is 9.89 Å². The van der Waals surface area contributed by atoms with Crippen LogP contribution in [-0.4, -0.2) is 35.2 Å². The zero-order chi connectivity index (χ0) is 19.5. The lowest BCUT2D eigenvalue weighted by molar-refractivity contribution is 0.0933. The number of aromatic amines is 1. The SMILES string of the molecule is O=C(N[C@H]1CCCN(c2cc(-c3ccc(F)cc3)[nH]n2)C1)c1ccc(Br)cc1. The second-order valence-electron chi connectivity index (χ2n) is 6.91. The van der Waals surface area contributed by atoms with Crippen molar-refractivity contribution in [2.24, 2.45) is 0 Å². The van der Waals surface area contributed by atoms with Gasteiger partial charge >= 0.3 is 0 Å². The van der Waals surface area contributed by atoms with Gasteiger partial charge in [0, 0.05) is 35.2 Å². The Morgan fingerprint density at radius 1 is 1.18 bits per heavy atom. The lowest BCUT2D eigenvalue weighted by Gasteiger charge is -2.33. The van der Waals surface area contributed by atoms with E-state index in [0.717, 1.165) is 40.9 Å². The quantitative estimate of drug-likeness (QED) is 0.630. The molecule has 1 saturated heterocycles. The van der Waals surface area contributed by atoms with E-state index in [2.05, 4.69) is 36.3 Å². The van der Waals surface area contributed by atoms with Crippen LogP contribution in [0.15, 0.2) is 59.1 Å². The molecule has 1 aliphatic heterocycles. The standard InChI is InChI=1S/C21H20BrFN4O/c22-16-7-3-15(4-8-16)21(28)24-18-2-1-11-27(13-18)20-12-19(25-26-20)14-5-9-17(23)10-6-14/h3-10,12,18H,1-2,11,13H2,(H,24,28)(H,25,26)/t18-/m0/s1. The summed E-state index contributed by atoms with van der Waals surface area (Å²) in [4.78, 5) is 14.7. The van der Waals surface area contributed by atoms with Crippen molar-refractivity contribution in [2.75, 3.05) is 18.0 Å². The number of nitrogens with zero attached hydrogens (tertiary/aromatic N) is 2. The third-order valence-corrected chi connectivity index (χ3v) is 5.44. The van der Waals surface area contributed by atoms with Gasteiger partial charge in [0.15, 0.2) is 5.82 Å². The highest BCUT2D eigenvalue weighted by molar-refractivity contribution is 9.10. The topological polar surface area (TPSA) is 61.0 Å². The molecule has 7 heteroatoms. The second kappa shape index (κ2) is 8.14. The fourth-order valence-electron chi connectivity index (χ4n) is 3.42. The lowest BCUT2D eigenvalue weighted by atomic mass is 10.0. The number of piperidine rings is 1. The van der Waals surface area contributed by atoms with Gasteiger partial charge < -0.3 is 10.2 Å². The number of halogens is 2. The monoisotopic (exact) mass is 442 g/mol. The predicted molar refractivity (Wildman–Crippen MR) is 111 cm³/mol. The molecule has 0 saturated carbocycles. The van der Waals surface area contributed by atoms with Crippen LogP contribution in [0.2, 0.25) is 0 Å². The van der Waals surface area contributed by atoms with Crippen LogP contribution in [-0.2, 0) is 0 Å². The summed E-state index contributed by atoms with van der Waals surface area (Å²) in [6, 6.07) is 15.7. The molecule has 144 valence electrons. The average molecular weight is 443 g/mol. The van der Waals surface area contributed by atoms with E-state index in [1.807, 2.05) is 30.3 Å². The van der Waals surface area contributed by atoms with Crippen molar-refractivity contribution < 1.29 is 9.18 Å². The Morgan fingerprint density at radius 3 is 2.68 bits per heavy atom. The van der Waals surface area contributed by atoms with Gasteiger partial charge in [0.25, 0.3) is 5.91 Å². The molecule has 0 radical (unpaired) electrons. The number of anilines is 1. The van der Waals surface area contributed by atoms with E-state index in [0.29, 0.717) is 12.1 Å². The first-order chi connectivity index (χ1) is 13.6. The molecule has 0 unspecified atom stereocenters. The highest BCUT2D eigenvalue weighted by atomic mass is 79.9. The fourth-order valence-corrected chi connectivity index (χ4v) is 3.69. The largest absolute Gasteiger partial charge is 0.353 e. The zero-order valence-electron chi connectivity index (χ0n) is 15.2. The molecule has 4 rings (SSSR count). The number of amides is 1. The summed E-state index contributed by atoms with van der Waals surface area (Å²) < 4.78 is 14.1. The molecule has 0 aliphatic carbocycles. The number of carbonyl (C=O) groups excluding carboxylic acids is 1. The number of hydrogen-bond donors (Lipinski definition) is 2. The summed E-state index contributed by atoms with van der Waals surface area (Å²) >= 11 is 3.38. The third-order valence-electron chi connectivity index (χ3n) is 4.91. The van der Waals surface area contributed by atoms with Crippen molar-refractivity contribution in [1.29, 1.82) is 0 Å². The number of benzene rings is 2. The highest BCUT2D eigenvalue weighted by Crippen LogP contribution is 2.24. The molecule has 2 heterocycles. The first-order valence-electron chi connectivity index (χ1n) is 9.21. The van der Waals surface area contributed by atoms with Gasteiger partial charge in [0.05, 0.1) is 5.69 Å². The molecule has 5 nitrogen and oxygen atoms in total. The maximum atomic E-state index is 13.1. The Labute approximate surface area is 171 Å². The first-order valence-corrected chi connectivity index (χ1v) is 10.0. The van der Waals surface area contributed by atoms with E-state index in [1.165, 1.54) is 12.1 Å². The van der Waals surface area contributed by atoms with E-state index < -0.39 is 0 Å². The Bertz CT molecular complexity index is 955. The number of aromatic nitrogens is 2. The summed E-state index contributed by atoms with van der Waals surface area (Å²) in [7, 11) is 0. The maximum absolute atomic E-state index is 13.1. The van der Waals surface area contributed by atoms with Gasteiger partial charge in [-0.2, -0.15) is 5.10 Å². The van der Waals surface area contributed by atoms with E-state index >= 15 is 0 Å². The predicted octanol–water partition coefficient (Wildman–Crippen LogP) is 4.38. The van der Waals surface area contributed by atoms with Crippen molar-refractivity contribution in [3.05, 3.63) is 70.5 Å². The summed E-state index contributed by atoms with van der Waals surface area (Å²) in [5, 5.41) is 10.6. The molecular formula is C21H20BrFN4O. The normalized spacial score (nSPS) is 16.8. The molecule has 1 fully saturated rings. The number of nitrogens with one attached hydrogen (secondary N) is 2.